The van der Waals surface area contributed by atoms with Gasteiger partial charge in [0.1, 0.15) is 26.4 Å². The average Bonchev–Trinajstić information content (AvgIpc) is 3.32. The van der Waals surface area contributed by atoms with Crippen LogP contribution < -0.4 is 18.5 Å². The van der Waals surface area contributed by atoms with Gasteiger partial charge in [0.2, 0.25) is 11.6 Å². The van der Waals surface area contributed by atoms with Crippen LogP contribution in [0.3, 0.4) is 0 Å². The second kappa shape index (κ2) is 29.9. The predicted molar refractivity (Wildman–Crippen MR) is 269 cm³/mol. The lowest BCUT2D eigenvalue weighted by Gasteiger charge is -2.31. The SMILES string of the molecule is COc1ccccc1Oc1c(OCCOC(=O)c2ccc(CON(O)O)cc2)nc(-c2ncccn2)nc1N(C(C)OC(=O)OCCOCCON(O)O)S(=O)(=O)c1ccc(C(C)(C)COC(=O)c2ccc(CON(O)O)cc2)cc1. The molecule has 0 amide bonds. The molecule has 30 nitrogen and oxygen atoms in total. The first-order valence-electron chi connectivity index (χ1n) is 23.9. The quantitative estimate of drug-likeness (QED) is 0.00976. The number of para-hydroxylation sites is 2. The molecule has 0 aliphatic carbocycles. The molecular formula is C50H56N8O22S. The van der Waals surface area contributed by atoms with Crippen molar-refractivity contribution < 1.29 is 106 Å². The lowest BCUT2D eigenvalue weighted by Crippen LogP contribution is -2.42. The Hall–Kier alpha value is -8.12. The highest BCUT2D eigenvalue weighted by atomic mass is 32.2. The monoisotopic (exact) mass is 1150 g/mol. The van der Waals surface area contributed by atoms with Crippen LogP contribution in [0.4, 0.5) is 10.6 Å². The van der Waals surface area contributed by atoms with E-state index in [2.05, 4.69) is 34.4 Å². The number of benzene rings is 4. The van der Waals surface area contributed by atoms with E-state index in [4.69, 9.17) is 69.1 Å². The highest BCUT2D eigenvalue weighted by molar-refractivity contribution is 7.92. The summed E-state index contributed by atoms with van der Waals surface area (Å²) in [4.78, 5) is 70.5. The van der Waals surface area contributed by atoms with Gasteiger partial charge in [0.05, 0.1) is 72.3 Å². The Morgan fingerprint density at radius 1 is 0.617 bits per heavy atom. The molecule has 2 aromatic heterocycles. The largest absolute Gasteiger partial charge is 0.510 e. The van der Waals surface area contributed by atoms with Crippen molar-refractivity contribution >= 4 is 33.9 Å². The van der Waals surface area contributed by atoms with Gasteiger partial charge >= 0.3 is 18.1 Å². The first kappa shape index (κ1) is 62.1. The van der Waals surface area contributed by atoms with Crippen molar-refractivity contribution in [3.63, 3.8) is 0 Å². The van der Waals surface area contributed by atoms with Gasteiger partial charge in [-0.1, -0.05) is 62.4 Å². The number of sulfonamides is 1. The summed E-state index contributed by atoms with van der Waals surface area (Å²) in [6.07, 6.45) is -0.523. The Labute approximate surface area is 461 Å². The van der Waals surface area contributed by atoms with Gasteiger partial charge in [-0.15, -0.1) is 0 Å². The van der Waals surface area contributed by atoms with Crippen molar-refractivity contribution in [2.75, 3.05) is 57.7 Å². The van der Waals surface area contributed by atoms with Crippen LogP contribution in [0.2, 0.25) is 0 Å². The molecule has 0 bridgehead atoms. The first-order valence-corrected chi connectivity index (χ1v) is 25.3. The average molecular weight is 1150 g/mol. The summed E-state index contributed by atoms with van der Waals surface area (Å²) in [6.45, 7) is 2.13. The normalized spacial score (nSPS) is 12.0. The number of ether oxygens (including phenoxy) is 8. The van der Waals surface area contributed by atoms with Crippen molar-refractivity contribution in [2.45, 2.75) is 50.5 Å². The zero-order chi connectivity index (χ0) is 58.5. The Bertz CT molecular complexity index is 3090. The molecule has 4 aromatic carbocycles. The van der Waals surface area contributed by atoms with Gasteiger partial charge in [-0.05, 0) is 78.2 Å². The lowest BCUT2D eigenvalue weighted by atomic mass is 9.86. The zero-order valence-electron chi connectivity index (χ0n) is 43.6. The minimum absolute atomic E-state index is 0.0122. The molecule has 0 saturated carbocycles. The number of carbonyl (C=O) groups excluding carboxylic acids is 3. The van der Waals surface area contributed by atoms with Crippen LogP contribution in [-0.4, -0.2) is 153 Å². The van der Waals surface area contributed by atoms with E-state index in [0.29, 0.717) is 21.0 Å². The van der Waals surface area contributed by atoms with E-state index in [1.165, 1.54) is 111 Å². The third-order valence-corrected chi connectivity index (χ3v) is 12.8. The molecule has 0 saturated heterocycles. The number of nitrogens with zero attached hydrogens (tertiary/aromatic N) is 8. The number of aromatic nitrogens is 4. The molecule has 1 unspecified atom stereocenters. The van der Waals surface area contributed by atoms with Gasteiger partial charge in [0.15, 0.2) is 29.4 Å². The van der Waals surface area contributed by atoms with Crippen LogP contribution in [0, 0.1) is 0 Å². The standard InChI is InChI=1S/C50H56N8O22S/c1-33(79-49(61)74-26-24-71-25-29-76-56(62)63)55(81(68,69)39-20-18-38(19-21-39)50(2,3)32-75-48(60)37-16-12-35(13-17-37)31-78-58(66)67)45-42(80-41-9-6-5-8-40(41)70-4)46(54-44(53-45)43-51-22-7-23-52-43)72-27-28-73-47(59)36-14-10-34(11-15-36)30-77-57(64)65/h5-23,33,62-67H,24-32H2,1-4H3. The first-order chi connectivity index (χ1) is 38.7. The summed E-state index contributed by atoms with van der Waals surface area (Å²) in [7, 11) is -3.66. The van der Waals surface area contributed by atoms with E-state index in [0.717, 1.165) is 0 Å². The van der Waals surface area contributed by atoms with Crippen LogP contribution >= 0.6 is 0 Å². The minimum Gasteiger partial charge on any atom is -0.493 e. The topological polar surface area (TPSA) is 373 Å². The van der Waals surface area contributed by atoms with Crippen molar-refractivity contribution in [1.82, 2.24) is 36.1 Å². The van der Waals surface area contributed by atoms with E-state index in [9.17, 15) is 14.4 Å². The molecule has 6 rings (SSSR count). The molecule has 0 radical (unpaired) electrons. The zero-order valence-corrected chi connectivity index (χ0v) is 44.4. The summed E-state index contributed by atoms with van der Waals surface area (Å²) in [5.74, 6) is -3.40. The number of hydrogen-bond acceptors (Lipinski definition) is 29. The minimum atomic E-state index is -5.01. The Balaban J connectivity index is 1.37. The summed E-state index contributed by atoms with van der Waals surface area (Å²) in [5, 5.41) is 51.4. The predicted octanol–water partition coefficient (Wildman–Crippen LogP) is 5.85. The fourth-order valence-electron chi connectivity index (χ4n) is 6.95. The van der Waals surface area contributed by atoms with Crippen LogP contribution in [0.25, 0.3) is 11.6 Å². The molecule has 31 heteroatoms. The molecule has 0 spiro atoms. The second-order valence-corrected chi connectivity index (χ2v) is 18.9. The molecule has 6 aromatic rings. The molecule has 1 atom stereocenters. The number of carbonyl (C=O) groups is 3. The summed E-state index contributed by atoms with van der Waals surface area (Å²) in [5.41, 5.74) is 0.886. The van der Waals surface area contributed by atoms with E-state index >= 15 is 8.42 Å². The third-order valence-electron chi connectivity index (χ3n) is 10.9. The lowest BCUT2D eigenvalue weighted by molar-refractivity contribution is -0.497. The van der Waals surface area contributed by atoms with E-state index in [1.807, 2.05) is 0 Å². The van der Waals surface area contributed by atoms with Gasteiger partial charge in [0, 0.05) is 17.8 Å². The summed E-state index contributed by atoms with van der Waals surface area (Å²) >= 11 is 0. The molecule has 81 heavy (non-hydrogen) atoms. The van der Waals surface area contributed by atoms with E-state index < -0.39 is 98.1 Å². The number of methoxy groups -OCH3 is 1. The fourth-order valence-corrected chi connectivity index (χ4v) is 8.44. The van der Waals surface area contributed by atoms with Gasteiger partial charge < -0.3 is 37.9 Å². The van der Waals surface area contributed by atoms with Gasteiger partial charge in [-0.3, -0.25) is 31.2 Å². The Kier molecular flexibility index (Phi) is 22.9. The number of anilines is 1. The Morgan fingerprint density at radius 3 is 1.75 bits per heavy atom. The molecule has 6 N–H and O–H groups in total. The highest BCUT2D eigenvalue weighted by Crippen LogP contribution is 2.44. The van der Waals surface area contributed by atoms with Gasteiger partial charge in [-0.25, -0.2) is 56.6 Å². The maximum atomic E-state index is 15.5. The van der Waals surface area contributed by atoms with Crippen molar-refractivity contribution in [1.29, 1.82) is 0 Å². The summed E-state index contributed by atoms with van der Waals surface area (Å²) in [6, 6.07) is 25.0. The van der Waals surface area contributed by atoms with Crippen LogP contribution in [-0.2, 0) is 66.8 Å². The van der Waals surface area contributed by atoms with Crippen molar-refractivity contribution in [3.05, 3.63) is 143 Å². The molecule has 0 fully saturated rings. The number of rotatable bonds is 31. The second-order valence-electron chi connectivity index (χ2n) is 17.1. The highest BCUT2D eigenvalue weighted by Gasteiger charge is 2.39. The molecule has 2 heterocycles. The summed E-state index contributed by atoms with van der Waals surface area (Å²) < 4.78 is 76.8. The van der Waals surface area contributed by atoms with Crippen molar-refractivity contribution in [3.8, 4) is 34.8 Å². The molecule has 0 aliphatic heterocycles. The molecule has 0 aliphatic rings. The van der Waals surface area contributed by atoms with E-state index in [-0.39, 0.29) is 73.9 Å². The third kappa shape index (κ3) is 18.5. The smallest absolute Gasteiger partial charge is 0.493 e. The fraction of sp³-hybridized carbons (Fsp3) is 0.300. The Morgan fingerprint density at radius 2 is 1.17 bits per heavy atom. The van der Waals surface area contributed by atoms with Crippen LogP contribution in [0.1, 0.15) is 58.2 Å². The van der Waals surface area contributed by atoms with Crippen LogP contribution in [0.5, 0.6) is 23.1 Å². The van der Waals surface area contributed by atoms with Gasteiger partial charge in [-0.2, -0.15) is 4.98 Å². The van der Waals surface area contributed by atoms with Crippen LogP contribution in [0.15, 0.2) is 120 Å². The van der Waals surface area contributed by atoms with E-state index in [1.54, 1.807) is 32.0 Å². The maximum absolute atomic E-state index is 15.5. The van der Waals surface area contributed by atoms with Crippen molar-refractivity contribution in [2.24, 2.45) is 0 Å². The maximum Gasteiger partial charge on any atom is 0.510 e. The molecule has 434 valence electrons. The number of esters is 2. The van der Waals surface area contributed by atoms with Gasteiger partial charge in [0.25, 0.3) is 15.9 Å². The molecular weight excluding hydrogens is 1100 g/mol. The number of hydrogen-bond donors (Lipinski definition) is 6.